The molecule has 0 bridgehead atoms. The van der Waals surface area contributed by atoms with Crippen molar-refractivity contribution in [1.82, 2.24) is 15.1 Å². The number of amides is 2. The number of ether oxygens (including phenoxy) is 1. The number of nitrogens with one attached hydrogen (secondary N) is 1. The Kier molecular flexibility index (Phi) is 5.81. The van der Waals surface area contributed by atoms with E-state index in [0.29, 0.717) is 19.4 Å². The number of methoxy groups -OCH3 is 1. The van der Waals surface area contributed by atoms with Crippen LogP contribution in [0.25, 0.3) is 0 Å². The molecule has 2 amide bonds. The first-order valence-corrected chi connectivity index (χ1v) is 9.52. The van der Waals surface area contributed by atoms with Gasteiger partial charge in [-0.2, -0.15) is 0 Å². The third-order valence-corrected chi connectivity index (χ3v) is 5.56. The Balaban J connectivity index is 1.48. The lowest BCUT2D eigenvalue weighted by molar-refractivity contribution is -0.145. The van der Waals surface area contributed by atoms with Gasteiger partial charge >= 0.3 is 0 Å². The highest BCUT2D eigenvalue weighted by Crippen LogP contribution is 2.47. The molecule has 6 nitrogen and oxygen atoms in total. The van der Waals surface area contributed by atoms with Gasteiger partial charge in [-0.25, -0.2) is 0 Å². The Morgan fingerprint density at radius 2 is 1.77 bits per heavy atom. The highest BCUT2D eigenvalue weighted by molar-refractivity contribution is 6.07. The van der Waals surface area contributed by atoms with Crippen molar-refractivity contribution >= 4 is 11.8 Å². The molecule has 0 spiro atoms. The summed E-state index contributed by atoms with van der Waals surface area (Å²) < 4.78 is 5.15. The zero-order valence-electron chi connectivity index (χ0n) is 15.8. The number of likely N-dealkylation sites (N-methyl/N-ethyl adjacent to an activating group) is 1. The van der Waals surface area contributed by atoms with Crippen molar-refractivity contribution in [3.05, 3.63) is 29.8 Å². The summed E-state index contributed by atoms with van der Waals surface area (Å²) in [5.41, 5.74) is 0.340. The van der Waals surface area contributed by atoms with Gasteiger partial charge in [-0.05, 0) is 43.5 Å². The average molecular weight is 359 g/mol. The summed E-state index contributed by atoms with van der Waals surface area (Å²) in [7, 11) is 1.64. The molecule has 26 heavy (non-hydrogen) atoms. The zero-order chi connectivity index (χ0) is 18.6. The molecule has 0 radical (unpaired) electrons. The largest absolute Gasteiger partial charge is 0.497 e. The first kappa shape index (κ1) is 18.7. The number of hydrogen-bond donors (Lipinski definition) is 1. The molecule has 1 saturated heterocycles. The maximum absolute atomic E-state index is 12.9. The molecule has 0 aromatic heterocycles. The number of benzene rings is 1. The SMILES string of the molecule is CCN1CCN(C(=O)C2(C(=O)NCCc3ccc(OC)cc3)CC2)CC1. The van der Waals surface area contributed by atoms with Gasteiger partial charge < -0.3 is 19.9 Å². The van der Waals surface area contributed by atoms with Crippen LogP contribution < -0.4 is 10.1 Å². The van der Waals surface area contributed by atoms with Gasteiger partial charge in [0.15, 0.2) is 0 Å². The maximum atomic E-state index is 12.9. The summed E-state index contributed by atoms with van der Waals surface area (Å²) in [6.45, 7) is 6.95. The van der Waals surface area contributed by atoms with Crippen LogP contribution in [-0.2, 0) is 16.0 Å². The molecule has 1 aromatic rings. The third kappa shape index (κ3) is 4.01. The van der Waals surface area contributed by atoms with Crippen LogP contribution in [0.2, 0.25) is 0 Å². The second kappa shape index (κ2) is 8.08. The van der Waals surface area contributed by atoms with Gasteiger partial charge in [-0.3, -0.25) is 9.59 Å². The second-order valence-corrected chi connectivity index (χ2v) is 7.16. The van der Waals surface area contributed by atoms with Crippen LogP contribution in [0.4, 0.5) is 0 Å². The molecule has 2 aliphatic rings. The van der Waals surface area contributed by atoms with E-state index >= 15 is 0 Å². The average Bonchev–Trinajstić information content (AvgIpc) is 3.50. The first-order chi connectivity index (χ1) is 12.6. The molecule has 0 atom stereocenters. The van der Waals surface area contributed by atoms with Crippen LogP contribution in [0, 0.1) is 5.41 Å². The van der Waals surface area contributed by atoms with E-state index in [1.54, 1.807) is 7.11 Å². The molecule has 142 valence electrons. The molecule has 1 aliphatic heterocycles. The highest BCUT2D eigenvalue weighted by Gasteiger charge is 2.57. The van der Waals surface area contributed by atoms with E-state index < -0.39 is 5.41 Å². The predicted molar refractivity (Wildman–Crippen MR) is 100 cm³/mol. The summed E-state index contributed by atoms with van der Waals surface area (Å²) >= 11 is 0. The fourth-order valence-electron chi connectivity index (χ4n) is 3.51. The number of carbonyl (C=O) groups is 2. The van der Waals surface area contributed by atoms with Crippen molar-refractivity contribution < 1.29 is 14.3 Å². The van der Waals surface area contributed by atoms with E-state index in [4.69, 9.17) is 4.74 Å². The first-order valence-electron chi connectivity index (χ1n) is 9.52. The Bertz CT molecular complexity index is 632. The van der Waals surface area contributed by atoms with Gasteiger partial charge in [-0.15, -0.1) is 0 Å². The van der Waals surface area contributed by atoms with E-state index in [1.807, 2.05) is 29.2 Å². The van der Waals surface area contributed by atoms with Gasteiger partial charge in [0.1, 0.15) is 11.2 Å². The second-order valence-electron chi connectivity index (χ2n) is 7.16. The Hall–Kier alpha value is -2.08. The minimum absolute atomic E-state index is 0.0233. The summed E-state index contributed by atoms with van der Waals surface area (Å²) in [5, 5.41) is 2.97. The Morgan fingerprint density at radius 1 is 1.12 bits per heavy atom. The molecular formula is C20H29N3O3. The topological polar surface area (TPSA) is 61.9 Å². The van der Waals surface area contributed by atoms with Crippen molar-refractivity contribution in [2.75, 3.05) is 46.4 Å². The lowest BCUT2D eigenvalue weighted by Gasteiger charge is -2.35. The molecule has 1 N–H and O–H groups in total. The highest BCUT2D eigenvalue weighted by atomic mass is 16.5. The van der Waals surface area contributed by atoms with Gasteiger partial charge in [-0.1, -0.05) is 19.1 Å². The zero-order valence-corrected chi connectivity index (χ0v) is 15.8. The number of piperazine rings is 1. The van der Waals surface area contributed by atoms with E-state index in [9.17, 15) is 9.59 Å². The minimum atomic E-state index is -0.797. The van der Waals surface area contributed by atoms with Gasteiger partial charge in [0.05, 0.1) is 7.11 Å². The van der Waals surface area contributed by atoms with E-state index in [1.165, 1.54) is 0 Å². The molecule has 3 rings (SSSR count). The smallest absolute Gasteiger partial charge is 0.238 e. The fraction of sp³-hybridized carbons (Fsp3) is 0.600. The van der Waals surface area contributed by atoms with Crippen LogP contribution >= 0.6 is 0 Å². The lowest BCUT2D eigenvalue weighted by Crippen LogP contribution is -2.53. The number of rotatable bonds is 7. The Labute approximate surface area is 155 Å². The van der Waals surface area contributed by atoms with E-state index in [-0.39, 0.29) is 11.8 Å². The monoisotopic (exact) mass is 359 g/mol. The summed E-state index contributed by atoms with van der Waals surface area (Å²) in [6.07, 6.45) is 2.09. The lowest BCUT2D eigenvalue weighted by atomic mass is 10.0. The van der Waals surface area contributed by atoms with Crippen molar-refractivity contribution in [2.45, 2.75) is 26.2 Å². The molecule has 2 fully saturated rings. The quantitative estimate of drug-likeness (QED) is 0.746. The molecular weight excluding hydrogens is 330 g/mol. The normalized spacial score (nSPS) is 19.1. The third-order valence-electron chi connectivity index (χ3n) is 5.56. The number of hydrogen-bond acceptors (Lipinski definition) is 4. The van der Waals surface area contributed by atoms with Crippen molar-refractivity contribution in [3.8, 4) is 5.75 Å². The maximum Gasteiger partial charge on any atom is 0.238 e. The summed E-state index contributed by atoms with van der Waals surface area (Å²) in [4.78, 5) is 29.7. The van der Waals surface area contributed by atoms with E-state index in [2.05, 4.69) is 17.1 Å². The summed E-state index contributed by atoms with van der Waals surface area (Å²) in [5.74, 6) is 0.743. The molecule has 1 aromatic carbocycles. The molecule has 0 unspecified atom stereocenters. The standard InChI is InChI=1S/C20H29N3O3/c1-3-22-12-14-23(15-13-22)19(25)20(9-10-20)18(24)21-11-8-16-4-6-17(26-2)7-5-16/h4-7H,3,8-15H2,1-2H3,(H,21,24). The van der Waals surface area contributed by atoms with Crippen molar-refractivity contribution in [1.29, 1.82) is 0 Å². The molecule has 6 heteroatoms. The molecule has 1 saturated carbocycles. The van der Waals surface area contributed by atoms with Crippen LogP contribution in [0.3, 0.4) is 0 Å². The van der Waals surface area contributed by atoms with Crippen molar-refractivity contribution in [3.63, 3.8) is 0 Å². The summed E-state index contributed by atoms with van der Waals surface area (Å²) in [6, 6.07) is 7.82. The van der Waals surface area contributed by atoms with Gasteiger partial charge in [0.2, 0.25) is 11.8 Å². The molecule has 1 heterocycles. The van der Waals surface area contributed by atoms with Crippen LogP contribution in [0.1, 0.15) is 25.3 Å². The molecule has 1 aliphatic carbocycles. The minimum Gasteiger partial charge on any atom is -0.497 e. The predicted octanol–water partition coefficient (Wildman–Crippen LogP) is 1.30. The number of nitrogens with zero attached hydrogens (tertiary/aromatic N) is 2. The van der Waals surface area contributed by atoms with Gasteiger partial charge in [0, 0.05) is 32.7 Å². The Morgan fingerprint density at radius 3 is 2.31 bits per heavy atom. The van der Waals surface area contributed by atoms with Gasteiger partial charge in [0.25, 0.3) is 0 Å². The van der Waals surface area contributed by atoms with Crippen LogP contribution in [0.15, 0.2) is 24.3 Å². The van der Waals surface area contributed by atoms with Crippen LogP contribution in [-0.4, -0.2) is 68.0 Å². The van der Waals surface area contributed by atoms with Crippen molar-refractivity contribution in [2.24, 2.45) is 5.41 Å². The number of carbonyl (C=O) groups excluding carboxylic acids is 2. The van der Waals surface area contributed by atoms with Crippen LogP contribution in [0.5, 0.6) is 5.75 Å². The fourth-order valence-corrected chi connectivity index (χ4v) is 3.51. The van der Waals surface area contributed by atoms with E-state index in [0.717, 1.165) is 50.5 Å².